The van der Waals surface area contributed by atoms with Crippen molar-refractivity contribution in [3.63, 3.8) is 0 Å². The number of rotatable bonds is 7. The highest BCUT2D eigenvalue weighted by Crippen LogP contribution is 2.22. The normalized spacial score (nSPS) is 14.0. The number of nitrogens with one attached hydrogen (secondary N) is 2. The molecule has 0 amide bonds. The van der Waals surface area contributed by atoms with Crippen molar-refractivity contribution in [2.75, 3.05) is 14.1 Å². The topological polar surface area (TPSA) is 78.1 Å². The highest BCUT2D eigenvalue weighted by Gasteiger charge is 2.30. The summed E-state index contributed by atoms with van der Waals surface area (Å²) in [7, 11) is -0.144. The van der Waals surface area contributed by atoms with E-state index in [1.165, 1.54) is 4.31 Å². The SMILES string of the molecule is CCCC(C)N(C)S(=O)(=O)c1n[nH]c(C)c1CNC. The second-order valence-corrected chi connectivity index (χ2v) is 6.73. The summed E-state index contributed by atoms with van der Waals surface area (Å²) in [5.74, 6) is 0. The van der Waals surface area contributed by atoms with Crippen molar-refractivity contribution < 1.29 is 8.42 Å². The number of aromatic nitrogens is 2. The number of H-pyrrole nitrogens is 1. The molecular weight excluding hydrogens is 264 g/mol. The molecular formula is C12H24N4O2S. The molecule has 1 atom stereocenters. The highest BCUT2D eigenvalue weighted by atomic mass is 32.2. The maximum Gasteiger partial charge on any atom is 0.262 e. The number of hydrogen-bond donors (Lipinski definition) is 2. The summed E-state index contributed by atoms with van der Waals surface area (Å²) < 4.78 is 26.6. The van der Waals surface area contributed by atoms with Gasteiger partial charge in [0.1, 0.15) is 0 Å². The summed E-state index contributed by atoms with van der Waals surface area (Å²) in [4.78, 5) is 0. The van der Waals surface area contributed by atoms with Gasteiger partial charge in [-0.15, -0.1) is 0 Å². The zero-order valence-electron chi connectivity index (χ0n) is 12.3. The summed E-state index contributed by atoms with van der Waals surface area (Å²) in [6.45, 7) is 6.27. The molecule has 0 spiro atoms. The van der Waals surface area contributed by atoms with Crippen LogP contribution in [0.1, 0.15) is 37.9 Å². The third-order valence-electron chi connectivity index (χ3n) is 3.34. The molecule has 1 aromatic heterocycles. The average molecular weight is 288 g/mol. The average Bonchev–Trinajstić information content (AvgIpc) is 2.71. The second kappa shape index (κ2) is 6.49. The minimum absolute atomic E-state index is 0.0329. The first kappa shape index (κ1) is 16.1. The lowest BCUT2D eigenvalue weighted by Crippen LogP contribution is -2.35. The Morgan fingerprint density at radius 1 is 1.47 bits per heavy atom. The number of sulfonamides is 1. The summed E-state index contributed by atoms with van der Waals surface area (Å²) in [6, 6.07) is -0.0329. The molecule has 1 rings (SSSR count). The third-order valence-corrected chi connectivity index (χ3v) is 5.28. The Labute approximate surface area is 115 Å². The van der Waals surface area contributed by atoms with Crippen LogP contribution in [0.2, 0.25) is 0 Å². The standard InChI is InChI=1S/C12H24N4O2S/c1-6-7-9(2)16(5)19(17,18)12-11(8-13-4)10(3)14-15-12/h9,13H,6-8H2,1-5H3,(H,14,15). The minimum Gasteiger partial charge on any atom is -0.316 e. The molecule has 19 heavy (non-hydrogen) atoms. The lowest BCUT2D eigenvalue weighted by Gasteiger charge is -2.23. The van der Waals surface area contributed by atoms with Crippen molar-refractivity contribution in [2.45, 2.75) is 51.2 Å². The molecule has 0 aliphatic carbocycles. The predicted molar refractivity (Wildman–Crippen MR) is 75.4 cm³/mol. The van der Waals surface area contributed by atoms with E-state index >= 15 is 0 Å². The Bertz CT molecular complexity index is 510. The van der Waals surface area contributed by atoms with Gasteiger partial charge in [-0.1, -0.05) is 13.3 Å². The molecule has 1 unspecified atom stereocenters. The number of aromatic amines is 1. The van der Waals surface area contributed by atoms with Crippen LogP contribution in [0.3, 0.4) is 0 Å². The molecule has 0 aliphatic rings. The van der Waals surface area contributed by atoms with Crippen molar-refractivity contribution in [3.05, 3.63) is 11.3 Å². The van der Waals surface area contributed by atoms with Gasteiger partial charge in [0.05, 0.1) is 0 Å². The zero-order valence-corrected chi connectivity index (χ0v) is 13.1. The van der Waals surface area contributed by atoms with Crippen molar-refractivity contribution in [1.82, 2.24) is 19.8 Å². The highest BCUT2D eigenvalue weighted by molar-refractivity contribution is 7.89. The Morgan fingerprint density at radius 3 is 2.63 bits per heavy atom. The number of nitrogens with zero attached hydrogens (tertiary/aromatic N) is 2. The van der Waals surface area contributed by atoms with Gasteiger partial charge >= 0.3 is 0 Å². The smallest absolute Gasteiger partial charge is 0.262 e. The van der Waals surface area contributed by atoms with Crippen LogP contribution in [0.5, 0.6) is 0 Å². The van der Waals surface area contributed by atoms with Gasteiger partial charge < -0.3 is 5.32 Å². The monoisotopic (exact) mass is 288 g/mol. The molecule has 2 N–H and O–H groups in total. The van der Waals surface area contributed by atoms with Gasteiger partial charge in [0.15, 0.2) is 5.03 Å². The minimum atomic E-state index is -3.54. The Balaban J connectivity index is 3.13. The molecule has 0 fully saturated rings. The maximum absolute atomic E-state index is 12.6. The molecule has 6 nitrogen and oxygen atoms in total. The molecule has 0 saturated carbocycles. The van der Waals surface area contributed by atoms with E-state index in [-0.39, 0.29) is 11.1 Å². The predicted octanol–water partition coefficient (Wildman–Crippen LogP) is 1.25. The summed E-state index contributed by atoms with van der Waals surface area (Å²) in [6.07, 6.45) is 1.78. The fourth-order valence-corrected chi connectivity index (χ4v) is 3.55. The largest absolute Gasteiger partial charge is 0.316 e. The van der Waals surface area contributed by atoms with E-state index < -0.39 is 10.0 Å². The molecule has 0 aromatic carbocycles. The lowest BCUT2D eigenvalue weighted by atomic mass is 10.2. The van der Waals surface area contributed by atoms with Crippen molar-refractivity contribution in [1.29, 1.82) is 0 Å². The first-order chi connectivity index (χ1) is 8.86. The van der Waals surface area contributed by atoms with Gasteiger partial charge in [0.25, 0.3) is 10.0 Å². The molecule has 0 radical (unpaired) electrons. The van der Waals surface area contributed by atoms with Crippen LogP contribution < -0.4 is 5.32 Å². The Hall–Kier alpha value is -0.920. The van der Waals surface area contributed by atoms with Crippen LogP contribution in [0, 0.1) is 6.92 Å². The van der Waals surface area contributed by atoms with Crippen LogP contribution in [0.4, 0.5) is 0 Å². The molecule has 0 saturated heterocycles. The van der Waals surface area contributed by atoms with E-state index in [2.05, 4.69) is 15.5 Å². The van der Waals surface area contributed by atoms with E-state index in [1.807, 2.05) is 20.8 Å². The number of aryl methyl sites for hydroxylation is 1. The zero-order chi connectivity index (χ0) is 14.6. The van der Waals surface area contributed by atoms with E-state index in [4.69, 9.17) is 0 Å². The molecule has 1 heterocycles. The Morgan fingerprint density at radius 2 is 2.11 bits per heavy atom. The fourth-order valence-electron chi connectivity index (χ4n) is 2.00. The van der Waals surface area contributed by atoms with Gasteiger partial charge in [-0.05, 0) is 27.3 Å². The van der Waals surface area contributed by atoms with Gasteiger partial charge in [-0.2, -0.15) is 9.40 Å². The second-order valence-electron chi connectivity index (χ2n) is 4.82. The van der Waals surface area contributed by atoms with Crippen LogP contribution in [-0.2, 0) is 16.6 Å². The molecule has 0 bridgehead atoms. The van der Waals surface area contributed by atoms with Gasteiger partial charge in [0, 0.05) is 30.9 Å². The van der Waals surface area contributed by atoms with Gasteiger partial charge in [-0.25, -0.2) is 8.42 Å². The van der Waals surface area contributed by atoms with Crippen molar-refractivity contribution in [2.24, 2.45) is 0 Å². The van der Waals surface area contributed by atoms with Crippen LogP contribution in [0.25, 0.3) is 0 Å². The Kier molecular flexibility index (Phi) is 5.51. The lowest BCUT2D eigenvalue weighted by molar-refractivity contribution is 0.367. The molecule has 110 valence electrons. The summed E-state index contributed by atoms with van der Waals surface area (Å²) >= 11 is 0. The first-order valence-electron chi connectivity index (χ1n) is 6.52. The van der Waals surface area contributed by atoms with Crippen LogP contribution in [-0.4, -0.2) is 43.1 Å². The van der Waals surface area contributed by atoms with E-state index in [9.17, 15) is 8.42 Å². The maximum atomic E-state index is 12.6. The first-order valence-corrected chi connectivity index (χ1v) is 7.96. The summed E-state index contributed by atoms with van der Waals surface area (Å²) in [5.41, 5.74) is 1.49. The third kappa shape index (κ3) is 3.34. The van der Waals surface area contributed by atoms with Crippen LogP contribution >= 0.6 is 0 Å². The van der Waals surface area contributed by atoms with Gasteiger partial charge in [0.2, 0.25) is 0 Å². The quantitative estimate of drug-likeness (QED) is 0.791. The van der Waals surface area contributed by atoms with Crippen molar-refractivity contribution >= 4 is 10.0 Å². The molecule has 7 heteroatoms. The van der Waals surface area contributed by atoms with E-state index in [0.29, 0.717) is 12.1 Å². The molecule has 0 aliphatic heterocycles. The van der Waals surface area contributed by atoms with Gasteiger partial charge in [-0.3, -0.25) is 5.10 Å². The summed E-state index contributed by atoms with van der Waals surface area (Å²) in [5, 5.41) is 9.84. The van der Waals surface area contributed by atoms with Crippen LogP contribution in [0.15, 0.2) is 5.03 Å². The van der Waals surface area contributed by atoms with E-state index in [0.717, 1.165) is 18.5 Å². The van der Waals surface area contributed by atoms with E-state index in [1.54, 1.807) is 14.1 Å². The van der Waals surface area contributed by atoms with Crippen molar-refractivity contribution in [3.8, 4) is 0 Å². The molecule has 1 aromatic rings. The fraction of sp³-hybridized carbons (Fsp3) is 0.750. The number of hydrogen-bond acceptors (Lipinski definition) is 4.